The molecule has 2 amide bonds. The molecular weight excluding hydrogens is 260 g/mol. The lowest BCUT2D eigenvalue weighted by molar-refractivity contribution is -0.139. The fraction of sp³-hybridized carbons (Fsp3) is 0.214. The molecule has 20 heavy (non-hydrogen) atoms. The van der Waals surface area contributed by atoms with Crippen molar-refractivity contribution in [2.75, 3.05) is 5.32 Å². The number of anilines is 1. The first-order valence-electron chi connectivity index (χ1n) is 6.08. The van der Waals surface area contributed by atoms with Crippen molar-refractivity contribution in [3.05, 3.63) is 42.0 Å². The smallest absolute Gasteiger partial charge is 0.326 e. The Bertz CT molecular complexity index is 595. The standard InChI is InChI=1S/C14H14N2O4/c1-2-3-11(14(19)20)16-13(18)8-4-5-10-9(6-8)7-12(17)15-10/h2,4-6,11H,1,3,7H2,(H,15,17)(H,16,18)(H,19,20). The maximum absolute atomic E-state index is 12.0. The molecule has 1 heterocycles. The van der Waals surface area contributed by atoms with Gasteiger partial charge < -0.3 is 15.7 Å². The number of amides is 2. The number of rotatable bonds is 5. The van der Waals surface area contributed by atoms with Crippen LogP contribution in [0.3, 0.4) is 0 Å². The molecule has 0 saturated heterocycles. The van der Waals surface area contributed by atoms with Crippen molar-refractivity contribution in [3.63, 3.8) is 0 Å². The zero-order chi connectivity index (χ0) is 14.7. The molecule has 104 valence electrons. The van der Waals surface area contributed by atoms with Crippen molar-refractivity contribution < 1.29 is 19.5 Å². The van der Waals surface area contributed by atoms with Gasteiger partial charge in [-0.15, -0.1) is 6.58 Å². The summed E-state index contributed by atoms with van der Waals surface area (Å²) < 4.78 is 0. The summed E-state index contributed by atoms with van der Waals surface area (Å²) in [6, 6.07) is 3.77. The van der Waals surface area contributed by atoms with Crippen LogP contribution in [0.15, 0.2) is 30.9 Å². The fourth-order valence-corrected chi connectivity index (χ4v) is 2.00. The van der Waals surface area contributed by atoms with Crippen LogP contribution >= 0.6 is 0 Å². The van der Waals surface area contributed by atoms with Crippen molar-refractivity contribution in [2.45, 2.75) is 18.9 Å². The molecular formula is C14H14N2O4. The van der Waals surface area contributed by atoms with Crippen LogP contribution in [0.2, 0.25) is 0 Å². The van der Waals surface area contributed by atoms with Gasteiger partial charge in [0.1, 0.15) is 6.04 Å². The Morgan fingerprint density at radius 1 is 1.50 bits per heavy atom. The number of carboxylic acid groups (broad SMARTS) is 1. The summed E-state index contributed by atoms with van der Waals surface area (Å²) in [6.07, 6.45) is 1.81. The zero-order valence-corrected chi connectivity index (χ0v) is 10.7. The Hall–Kier alpha value is -2.63. The van der Waals surface area contributed by atoms with Crippen molar-refractivity contribution in [1.82, 2.24) is 5.32 Å². The minimum Gasteiger partial charge on any atom is -0.480 e. The summed E-state index contributed by atoms with van der Waals surface area (Å²) in [5.41, 5.74) is 1.75. The molecule has 0 saturated carbocycles. The zero-order valence-electron chi connectivity index (χ0n) is 10.7. The summed E-state index contributed by atoms with van der Waals surface area (Å²) in [5, 5.41) is 14.1. The Balaban J connectivity index is 2.14. The third kappa shape index (κ3) is 2.85. The van der Waals surface area contributed by atoms with Gasteiger partial charge in [0.2, 0.25) is 5.91 Å². The first-order valence-corrected chi connectivity index (χ1v) is 6.08. The highest BCUT2D eigenvalue weighted by atomic mass is 16.4. The van der Waals surface area contributed by atoms with E-state index < -0.39 is 17.9 Å². The van der Waals surface area contributed by atoms with E-state index in [4.69, 9.17) is 5.11 Å². The van der Waals surface area contributed by atoms with Gasteiger partial charge in [-0.1, -0.05) is 6.08 Å². The van der Waals surface area contributed by atoms with Crippen LogP contribution in [-0.4, -0.2) is 28.9 Å². The number of fused-ring (bicyclic) bond motifs is 1. The average molecular weight is 274 g/mol. The number of benzene rings is 1. The lowest BCUT2D eigenvalue weighted by Gasteiger charge is -2.13. The van der Waals surface area contributed by atoms with Gasteiger partial charge >= 0.3 is 5.97 Å². The third-order valence-corrected chi connectivity index (χ3v) is 3.00. The van der Waals surface area contributed by atoms with Gasteiger partial charge in [0.15, 0.2) is 0 Å². The van der Waals surface area contributed by atoms with Crippen LogP contribution < -0.4 is 10.6 Å². The number of carboxylic acids is 1. The first kappa shape index (κ1) is 13.8. The van der Waals surface area contributed by atoms with Gasteiger partial charge in [-0.05, 0) is 30.2 Å². The molecule has 0 spiro atoms. The van der Waals surface area contributed by atoms with Gasteiger partial charge in [0.05, 0.1) is 6.42 Å². The van der Waals surface area contributed by atoms with Crippen LogP contribution in [-0.2, 0) is 16.0 Å². The van der Waals surface area contributed by atoms with E-state index in [1.165, 1.54) is 6.08 Å². The molecule has 0 fully saturated rings. The summed E-state index contributed by atoms with van der Waals surface area (Å²) >= 11 is 0. The number of hydrogen-bond acceptors (Lipinski definition) is 3. The summed E-state index contributed by atoms with van der Waals surface area (Å²) in [7, 11) is 0. The monoisotopic (exact) mass is 274 g/mol. The maximum Gasteiger partial charge on any atom is 0.326 e. The lowest BCUT2D eigenvalue weighted by atomic mass is 10.1. The highest BCUT2D eigenvalue weighted by Gasteiger charge is 2.22. The molecule has 0 radical (unpaired) electrons. The Kier molecular flexibility index (Phi) is 3.84. The molecule has 3 N–H and O–H groups in total. The predicted molar refractivity (Wildman–Crippen MR) is 72.5 cm³/mol. The molecule has 1 aliphatic rings. The Morgan fingerprint density at radius 2 is 2.25 bits per heavy atom. The second-order valence-corrected chi connectivity index (χ2v) is 4.49. The largest absolute Gasteiger partial charge is 0.480 e. The summed E-state index contributed by atoms with van der Waals surface area (Å²) in [6.45, 7) is 3.46. The van der Waals surface area contributed by atoms with E-state index in [0.717, 1.165) is 5.56 Å². The van der Waals surface area contributed by atoms with Gasteiger partial charge in [-0.2, -0.15) is 0 Å². The van der Waals surface area contributed by atoms with Crippen LogP contribution in [0.25, 0.3) is 0 Å². The fourth-order valence-electron chi connectivity index (χ4n) is 2.00. The average Bonchev–Trinajstić information content (AvgIpc) is 2.76. The van der Waals surface area contributed by atoms with Gasteiger partial charge in [-0.25, -0.2) is 4.79 Å². The van der Waals surface area contributed by atoms with Gasteiger partial charge in [-0.3, -0.25) is 9.59 Å². The van der Waals surface area contributed by atoms with E-state index >= 15 is 0 Å². The molecule has 0 aromatic heterocycles. The summed E-state index contributed by atoms with van der Waals surface area (Å²) in [4.78, 5) is 34.2. The molecule has 1 aliphatic heterocycles. The topological polar surface area (TPSA) is 95.5 Å². The molecule has 0 bridgehead atoms. The van der Waals surface area contributed by atoms with Crippen LogP contribution in [0, 0.1) is 0 Å². The van der Waals surface area contributed by atoms with E-state index in [-0.39, 0.29) is 18.7 Å². The number of aliphatic carboxylic acids is 1. The molecule has 6 nitrogen and oxygen atoms in total. The third-order valence-electron chi connectivity index (χ3n) is 3.00. The molecule has 2 rings (SSSR count). The second-order valence-electron chi connectivity index (χ2n) is 4.49. The molecule has 1 unspecified atom stereocenters. The number of carbonyl (C=O) groups excluding carboxylic acids is 2. The minimum absolute atomic E-state index is 0.118. The number of nitrogens with one attached hydrogen (secondary N) is 2. The minimum atomic E-state index is -1.11. The normalized spacial score (nSPS) is 14.1. The van der Waals surface area contributed by atoms with E-state index in [2.05, 4.69) is 17.2 Å². The lowest BCUT2D eigenvalue weighted by Crippen LogP contribution is -2.40. The van der Waals surface area contributed by atoms with E-state index in [9.17, 15) is 14.4 Å². The SMILES string of the molecule is C=CCC(NC(=O)c1ccc2c(c1)CC(=O)N2)C(=O)O. The molecule has 1 aromatic rings. The van der Waals surface area contributed by atoms with E-state index in [1.807, 2.05) is 0 Å². The van der Waals surface area contributed by atoms with Crippen LogP contribution in [0.5, 0.6) is 0 Å². The summed E-state index contributed by atoms with van der Waals surface area (Å²) in [5.74, 6) is -1.72. The maximum atomic E-state index is 12.0. The Morgan fingerprint density at radius 3 is 2.90 bits per heavy atom. The highest BCUT2D eigenvalue weighted by Crippen LogP contribution is 2.23. The quantitative estimate of drug-likeness (QED) is 0.696. The van der Waals surface area contributed by atoms with Crippen molar-refractivity contribution in [3.8, 4) is 0 Å². The van der Waals surface area contributed by atoms with Gasteiger partial charge in [0, 0.05) is 11.3 Å². The van der Waals surface area contributed by atoms with Crippen molar-refractivity contribution in [2.24, 2.45) is 0 Å². The van der Waals surface area contributed by atoms with Crippen molar-refractivity contribution >= 4 is 23.5 Å². The number of hydrogen-bond donors (Lipinski definition) is 3. The molecule has 6 heteroatoms. The van der Waals surface area contributed by atoms with Crippen LogP contribution in [0.4, 0.5) is 5.69 Å². The molecule has 0 aliphatic carbocycles. The number of carbonyl (C=O) groups is 3. The van der Waals surface area contributed by atoms with Crippen LogP contribution in [0.1, 0.15) is 22.3 Å². The molecule has 1 aromatic carbocycles. The highest BCUT2D eigenvalue weighted by molar-refractivity contribution is 6.02. The van der Waals surface area contributed by atoms with E-state index in [0.29, 0.717) is 11.3 Å². The van der Waals surface area contributed by atoms with Crippen molar-refractivity contribution in [1.29, 1.82) is 0 Å². The Labute approximate surface area is 115 Å². The predicted octanol–water partition coefficient (Wildman–Crippen LogP) is 0.940. The first-order chi connectivity index (χ1) is 9.51. The molecule has 1 atom stereocenters. The van der Waals surface area contributed by atoms with Gasteiger partial charge in [0.25, 0.3) is 5.91 Å². The second kappa shape index (κ2) is 5.56. The van der Waals surface area contributed by atoms with E-state index in [1.54, 1.807) is 18.2 Å².